The summed E-state index contributed by atoms with van der Waals surface area (Å²) in [5.41, 5.74) is 4.35. The molecule has 0 unspecified atom stereocenters. The van der Waals surface area contributed by atoms with Crippen LogP contribution in [0.3, 0.4) is 0 Å². The van der Waals surface area contributed by atoms with E-state index in [0.717, 1.165) is 32.9 Å². The van der Waals surface area contributed by atoms with Gasteiger partial charge in [-0.2, -0.15) is 0 Å². The van der Waals surface area contributed by atoms with E-state index in [2.05, 4.69) is 27.3 Å². The zero-order chi connectivity index (χ0) is 14.9. The second-order valence-electron chi connectivity index (χ2n) is 5.32. The molecule has 0 radical (unpaired) electrons. The monoisotopic (exact) mass is 289 g/mol. The number of para-hydroxylation sites is 2. The molecule has 0 fully saturated rings. The highest BCUT2D eigenvalue weighted by atomic mass is 16.4. The average Bonchev–Trinajstić information content (AvgIpc) is 3.17. The first-order valence-corrected chi connectivity index (χ1v) is 7.18. The van der Waals surface area contributed by atoms with Gasteiger partial charge in [-0.25, -0.2) is 0 Å². The predicted molar refractivity (Wildman–Crippen MR) is 88.7 cm³/mol. The van der Waals surface area contributed by atoms with E-state index in [4.69, 9.17) is 5.21 Å². The van der Waals surface area contributed by atoms with Gasteiger partial charge >= 0.3 is 0 Å². The van der Waals surface area contributed by atoms with Gasteiger partial charge in [-0.3, -0.25) is 0 Å². The van der Waals surface area contributed by atoms with Crippen molar-refractivity contribution >= 4 is 28.0 Å². The zero-order valence-electron chi connectivity index (χ0n) is 11.8. The van der Waals surface area contributed by atoms with Crippen LogP contribution in [0.2, 0.25) is 0 Å². The summed E-state index contributed by atoms with van der Waals surface area (Å²) in [5, 5.41) is 14.7. The largest absolute Gasteiger partial charge is 0.411 e. The molecule has 0 atom stereocenters. The van der Waals surface area contributed by atoms with Crippen LogP contribution in [0.15, 0.2) is 66.1 Å². The SMILES string of the molecule is O/N=C/C(c1c[nH]c2ccccc12)c1c[nH]c2ccccc12. The van der Waals surface area contributed by atoms with E-state index in [-0.39, 0.29) is 5.92 Å². The van der Waals surface area contributed by atoms with Gasteiger partial charge < -0.3 is 15.2 Å². The summed E-state index contributed by atoms with van der Waals surface area (Å²) >= 11 is 0. The summed E-state index contributed by atoms with van der Waals surface area (Å²) in [6, 6.07) is 16.3. The number of aromatic nitrogens is 2. The molecular weight excluding hydrogens is 274 g/mol. The molecule has 0 amide bonds. The Morgan fingerprint density at radius 1 is 0.818 bits per heavy atom. The summed E-state index contributed by atoms with van der Waals surface area (Å²) in [5.74, 6) is -0.114. The first kappa shape index (κ1) is 12.7. The third-order valence-electron chi connectivity index (χ3n) is 4.13. The minimum absolute atomic E-state index is 0.114. The molecule has 0 aliphatic carbocycles. The van der Waals surface area contributed by atoms with Crippen LogP contribution in [0.1, 0.15) is 17.0 Å². The molecule has 0 aliphatic heterocycles. The summed E-state index contributed by atoms with van der Waals surface area (Å²) in [6.07, 6.45) is 5.54. The van der Waals surface area contributed by atoms with Crippen molar-refractivity contribution in [3.05, 3.63) is 72.1 Å². The zero-order valence-corrected chi connectivity index (χ0v) is 11.8. The lowest BCUT2D eigenvalue weighted by molar-refractivity contribution is 0.320. The molecule has 0 saturated heterocycles. The number of aromatic amines is 2. The van der Waals surface area contributed by atoms with Crippen LogP contribution < -0.4 is 0 Å². The van der Waals surface area contributed by atoms with Crippen LogP contribution in [-0.4, -0.2) is 21.4 Å². The first-order chi connectivity index (χ1) is 10.9. The van der Waals surface area contributed by atoms with Gasteiger partial charge in [0, 0.05) is 34.2 Å². The summed E-state index contributed by atoms with van der Waals surface area (Å²) in [4.78, 5) is 6.57. The number of benzene rings is 2. The second-order valence-corrected chi connectivity index (χ2v) is 5.32. The Morgan fingerprint density at radius 2 is 1.32 bits per heavy atom. The Balaban J connectivity index is 1.95. The van der Waals surface area contributed by atoms with E-state index in [1.54, 1.807) is 6.21 Å². The van der Waals surface area contributed by atoms with Crippen molar-refractivity contribution in [2.45, 2.75) is 5.92 Å². The molecule has 0 spiro atoms. The third kappa shape index (κ3) is 1.89. The predicted octanol–water partition coefficient (Wildman–Crippen LogP) is 4.24. The molecular formula is C18H15N3O. The van der Waals surface area contributed by atoms with E-state index in [9.17, 15) is 0 Å². The van der Waals surface area contributed by atoms with Gasteiger partial charge in [-0.1, -0.05) is 36.4 Å². The maximum atomic E-state index is 9.13. The van der Waals surface area contributed by atoms with Crippen molar-refractivity contribution in [2.24, 2.45) is 5.16 Å². The smallest absolute Gasteiger partial charge is 0.0556 e. The van der Waals surface area contributed by atoms with Gasteiger partial charge in [0.15, 0.2) is 0 Å². The number of nitrogens with zero attached hydrogens (tertiary/aromatic N) is 1. The number of rotatable bonds is 3. The molecule has 4 heteroatoms. The Hall–Kier alpha value is -3.01. The highest BCUT2D eigenvalue weighted by Gasteiger charge is 2.19. The molecule has 0 bridgehead atoms. The number of hydrogen-bond acceptors (Lipinski definition) is 2. The number of nitrogens with one attached hydrogen (secondary N) is 2. The van der Waals surface area contributed by atoms with E-state index < -0.39 is 0 Å². The number of fused-ring (bicyclic) bond motifs is 2. The number of oxime groups is 1. The normalized spacial score (nSPS) is 12.0. The van der Waals surface area contributed by atoms with Gasteiger partial charge in [0.05, 0.1) is 12.1 Å². The minimum atomic E-state index is -0.114. The third-order valence-corrected chi connectivity index (χ3v) is 4.13. The standard InChI is InChI=1S/C18H15N3O/c22-21-11-16(14-9-19-17-7-3-1-5-12(14)17)15-10-20-18-8-4-2-6-13(15)18/h1-11,16,19-20,22H/b21-11+. The van der Waals surface area contributed by atoms with Crippen LogP contribution >= 0.6 is 0 Å². The lowest BCUT2D eigenvalue weighted by Gasteiger charge is -2.10. The lowest BCUT2D eigenvalue weighted by Crippen LogP contribution is -2.01. The van der Waals surface area contributed by atoms with Crippen LogP contribution in [0, 0.1) is 0 Å². The first-order valence-electron chi connectivity index (χ1n) is 7.18. The number of hydrogen-bond donors (Lipinski definition) is 3. The molecule has 0 aliphatic rings. The summed E-state index contributed by atoms with van der Waals surface area (Å²) in [6.45, 7) is 0. The maximum absolute atomic E-state index is 9.13. The van der Waals surface area contributed by atoms with Gasteiger partial charge in [-0.15, -0.1) is 5.16 Å². The van der Waals surface area contributed by atoms with Crippen LogP contribution in [0.5, 0.6) is 0 Å². The average molecular weight is 289 g/mol. The maximum Gasteiger partial charge on any atom is 0.0556 e. The van der Waals surface area contributed by atoms with Crippen LogP contribution in [0.25, 0.3) is 21.8 Å². The van der Waals surface area contributed by atoms with E-state index in [1.165, 1.54) is 0 Å². The van der Waals surface area contributed by atoms with E-state index >= 15 is 0 Å². The van der Waals surface area contributed by atoms with Crippen molar-refractivity contribution in [3.8, 4) is 0 Å². The molecule has 3 N–H and O–H groups in total. The van der Waals surface area contributed by atoms with Gasteiger partial charge in [-0.05, 0) is 23.3 Å². The van der Waals surface area contributed by atoms with Crippen molar-refractivity contribution in [3.63, 3.8) is 0 Å². The van der Waals surface area contributed by atoms with E-state index in [0.29, 0.717) is 0 Å². The molecule has 4 rings (SSSR count). The molecule has 2 aromatic carbocycles. The fourth-order valence-corrected chi connectivity index (χ4v) is 3.10. The molecule has 4 aromatic rings. The minimum Gasteiger partial charge on any atom is -0.411 e. The van der Waals surface area contributed by atoms with Gasteiger partial charge in [0.1, 0.15) is 0 Å². The highest BCUT2D eigenvalue weighted by molar-refractivity contribution is 5.93. The Morgan fingerprint density at radius 3 is 1.82 bits per heavy atom. The Kier molecular flexibility index (Phi) is 2.93. The molecule has 0 saturated carbocycles. The fraction of sp³-hybridized carbons (Fsp3) is 0.0556. The molecule has 2 aromatic heterocycles. The fourth-order valence-electron chi connectivity index (χ4n) is 3.10. The van der Waals surface area contributed by atoms with Crippen molar-refractivity contribution in [1.29, 1.82) is 0 Å². The van der Waals surface area contributed by atoms with Crippen molar-refractivity contribution < 1.29 is 5.21 Å². The molecule has 2 heterocycles. The van der Waals surface area contributed by atoms with Gasteiger partial charge in [0.2, 0.25) is 0 Å². The van der Waals surface area contributed by atoms with Crippen molar-refractivity contribution in [2.75, 3.05) is 0 Å². The summed E-state index contributed by atoms with van der Waals surface area (Å²) in [7, 11) is 0. The topological polar surface area (TPSA) is 64.2 Å². The molecule has 4 nitrogen and oxygen atoms in total. The van der Waals surface area contributed by atoms with Crippen molar-refractivity contribution in [1.82, 2.24) is 9.97 Å². The second kappa shape index (κ2) is 5.07. The van der Waals surface area contributed by atoms with E-state index in [1.807, 2.05) is 48.8 Å². The highest BCUT2D eigenvalue weighted by Crippen LogP contribution is 2.33. The lowest BCUT2D eigenvalue weighted by atomic mass is 9.92. The quantitative estimate of drug-likeness (QED) is 0.295. The summed E-state index contributed by atoms with van der Waals surface area (Å²) < 4.78 is 0. The Bertz CT molecular complexity index is 890. The molecule has 22 heavy (non-hydrogen) atoms. The van der Waals surface area contributed by atoms with Crippen LogP contribution in [-0.2, 0) is 0 Å². The van der Waals surface area contributed by atoms with Crippen LogP contribution in [0.4, 0.5) is 0 Å². The Labute approximate surface area is 127 Å². The van der Waals surface area contributed by atoms with Gasteiger partial charge in [0.25, 0.3) is 0 Å². The molecule has 108 valence electrons. The number of H-pyrrole nitrogens is 2.